The highest BCUT2D eigenvalue weighted by Gasteiger charge is 2.16. The molecule has 0 saturated heterocycles. The van der Waals surface area contributed by atoms with Crippen LogP contribution < -0.4 is 5.73 Å². The lowest BCUT2D eigenvalue weighted by atomic mass is 10.3. The highest BCUT2D eigenvalue weighted by Crippen LogP contribution is 2.18. The standard InChI is InChI=1S/C10H13N3O2S/c11-5-2-1-3-7-16(14,15)10-4-6-13-8-9(10)12/h4,6,8H,1-3,7,12H2. The zero-order valence-corrected chi connectivity index (χ0v) is 9.57. The van der Waals surface area contributed by atoms with Crippen LogP contribution in [0.4, 0.5) is 5.69 Å². The van der Waals surface area contributed by atoms with E-state index in [2.05, 4.69) is 4.98 Å². The number of pyridine rings is 1. The van der Waals surface area contributed by atoms with Crippen molar-refractivity contribution in [2.24, 2.45) is 0 Å². The molecule has 1 rings (SSSR count). The predicted octanol–water partition coefficient (Wildman–Crippen LogP) is 1.13. The molecular formula is C10H13N3O2S. The number of nitriles is 1. The molecule has 0 spiro atoms. The van der Waals surface area contributed by atoms with Crippen LogP contribution in [0, 0.1) is 11.3 Å². The first-order valence-electron chi connectivity index (χ1n) is 4.87. The van der Waals surface area contributed by atoms with Gasteiger partial charge in [0.2, 0.25) is 0 Å². The van der Waals surface area contributed by atoms with Crippen molar-refractivity contribution < 1.29 is 8.42 Å². The molecule has 0 amide bonds. The third-order valence-electron chi connectivity index (χ3n) is 2.10. The summed E-state index contributed by atoms with van der Waals surface area (Å²) in [4.78, 5) is 3.86. The second-order valence-corrected chi connectivity index (χ2v) is 5.43. The topological polar surface area (TPSA) is 96.8 Å². The van der Waals surface area contributed by atoms with Crippen molar-refractivity contribution in [2.45, 2.75) is 24.2 Å². The van der Waals surface area contributed by atoms with E-state index >= 15 is 0 Å². The Morgan fingerprint density at radius 1 is 1.44 bits per heavy atom. The summed E-state index contributed by atoms with van der Waals surface area (Å²) in [5, 5.41) is 8.33. The summed E-state index contributed by atoms with van der Waals surface area (Å²) in [6.45, 7) is 0. The second kappa shape index (κ2) is 5.47. The Balaban J connectivity index is 2.72. The first-order valence-corrected chi connectivity index (χ1v) is 6.52. The lowest BCUT2D eigenvalue weighted by Crippen LogP contribution is -2.09. The molecule has 0 aliphatic rings. The first kappa shape index (κ1) is 12.5. The van der Waals surface area contributed by atoms with Gasteiger partial charge in [0.25, 0.3) is 0 Å². The van der Waals surface area contributed by atoms with Crippen molar-refractivity contribution in [1.29, 1.82) is 5.26 Å². The molecule has 16 heavy (non-hydrogen) atoms. The molecule has 0 fully saturated rings. The van der Waals surface area contributed by atoms with Crippen LogP contribution in [-0.2, 0) is 9.84 Å². The number of hydrogen-bond acceptors (Lipinski definition) is 5. The van der Waals surface area contributed by atoms with E-state index in [1.807, 2.05) is 6.07 Å². The fraction of sp³-hybridized carbons (Fsp3) is 0.400. The van der Waals surface area contributed by atoms with E-state index in [9.17, 15) is 8.42 Å². The number of nitrogens with zero attached hydrogens (tertiary/aromatic N) is 2. The van der Waals surface area contributed by atoms with Gasteiger partial charge in [0, 0.05) is 12.6 Å². The summed E-state index contributed by atoms with van der Waals surface area (Å²) in [5.41, 5.74) is 5.71. The summed E-state index contributed by atoms with van der Waals surface area (Å²) < 4.78 is 23.7. The highest BCUT2D eigenvalue weighted by atomic mass is 32.2. The number of nitrogen functional groups attached to an aromatic ring is 1. The van der Waals surface area contributed by atoms with E-state index < -0.39 is 9.84 Å². The summed E-state index contributed by atoms with van der Waals surface area (Å²) in [5.74, 6) is 0.0168. The SMILES string of the molecule is N#CCCCCS(=O)(=O)c1ccncc1N. The molecule has 6 heteroatoms. The van der Waals surface area contributed by atoms with E-state index in [4.69, 9.17) is 11.0 Å². The molecule has 0 aliphatic heterocycles. The molecule has 1 aromatic rings. The number of rotatable bonds is 5. The lowest BCUT2D eigenvalue weighted by molar-refractivity contribution is 0.592. The average molecular weight is 239 g/mol. The van der Waals surface area contributed by atoms with Crippen molar-refractivity contribution in [3.8, 4) is 6.07 Å². The maximum absolute atomic E-state index is 11.8. The Hall–Kier alpha value is -1.61. The fourth-order valence-corrected chi connectivity index (χ4v) is 2.77. The van der Waals surface area contributed by atoms with E-state index in [1.54, 1.807) is 0 Å². The van der Waals surface area contributed by atoms with Crippen LogP contribution in [0.2, 0.25) is 0 Å². The third-order valence-corrected chi connectivity index (χ3v) is 3.96. The minimum absolute atomic E-state index is 0.0168. The Kier molecular flexibility index (Phi) is 4.26. The Bertz CT molecular complexity index is 491. The van der Waals surface area contributed by atoms with Crippen molar-refractivity contribution in [3.63, 3.8) is 0 Å². The van der Waals surface area contributed by atoms with E-state index in [1.165, 1.54) is 18.5 Å². The molecule has 86 valence electrons. The Labute approximate surface area is 94.8 Å². The Morgan fingerprint density at radius 2 is 2.19 bits per heavy atom. The molecule has 1 aromatic heterocycles. The minimum atomic E-state index is -3.35. The summed E-state index contributed by atoms with van der Waals surface area (Å²) in [7, 11) is -3.35. The molecule has 0 saturated carbocycles. The van der Waals surface area contributed by atoms with Gasteiger partial charge in [-0.1, -0.05) is 0 Å². The average Bonchev–Trinajstić information content (AvgIpc) is 2.25. The van der Waals surface area contributed by atoms with Crippen LogP contribution in [0.25, 0.3) is 0 Å². The molecule has 0 radical (unpaired) electrons. The zero-order chi connectivity index (χ0) is 12.0. The smallest absolute Gasteiger partial charge is 0.180 e. The summed E-state index contributed by atoms with van der Waals surface area (Å²) in [6.07, 6.45) is 4.15. The monoisotopic (exact) mass is 239 g/mol. The molecule has 0 unspecified atom stereocenters. The second-order valence-electron chi connectivity index (χ2n) is 3.35. The maximum Gasteiger partial charge on any atom is 0.180 e. The normalized spacial score (nSPS) is 10.9. The zero-order valence-electron chi connectivity index (χ0n) is 8.76. The minimum Gasteiger partial charge on any atom is -0.396 e. The van der Waals surface area contributed by atoms with Crippen LogP contribution >= 0.6 is 0 Å². The van der Waals surface area contributed by atoms with E-state index in [0.717, 1.165) is 0 Å². The van der Waals surface area contributed by atoms with Gasteiger partial charge in [0.05, 0.1) is 28.6 Å². The van der Waals surface area contributed by atoms with Gasteiger partial charge < -0.3 is 5.73 Å². The van der Waals surface area contributed by atoms with Crippen molar-refractivity contribution in [3.05, 3.63) is 18.5 Å². The van der Waals surface area contributed by atoms with Gasteiger partial charge in [-0.25, -0.2) is 8.42 Å². The van der Waals surface area contributed by atoms with Crippen molar-refractivity contribution >= 4 is 15.5 Å². The van der Waals surface area contributed by atoms with Gasteiger partial charge in [-0.3, -0.25) is 4.98 Å². The number of sulfone groups is 1. The quantitative estimate of drug-likeness (QED) is 0.777. The molecule has 0 aliphatic carbocycles. The summed E-state index contributed by atoms with van der Waals surface area (Å²) >= 11 is 0. The van der Waals surface area contributed by atoms with Crippen LogP contribution in [-0.4, -0.2) is 19.2 Å². The predicted molar refractivity (Wildman–Crippen MR) is 60.2 cm³/mol. The number of nitrogens with two attached hydrogens (primary N) is 1. The largest absolute Gasteiger partial charge is 0.396 e. The highest BCUT2D eigenvalue weighted by molar-refractivity contribution is 7.91. The van der Waals surface area contributed by atoms with Gasteiger partial charge in [0.15, 0.2) is 9.84 Å². The number of aromatic nitrogens is 1. The molecular weight excluding hydrogens is 226 g/mol. The number of hydrogen-bond donors (Lipinski definition) is 1. The lowest BCUT2D eigenvalue weighted by Gasteiger charge is -2.05. The van der Waals surface area contributed by atoms with Gasteiger partial charge in [-0.05, 0) is 18.9 Å². The van der Waals surface area contributed by atoms with Crippen molar-refractivity contribution in [2.75, 3.05) is 11.5 Å². The fourth-order valence-electron chi connectivity index (χ4n) is 1.28. The molecule has 0 aromatic carbocycles. The van der Waals surface area contributed by atoms with Gasteiger partial charge >= 0.3 is 0 Å². The molecule has 1 heterocycles. The van der Waals surface area contributed by atoms with Crippen LogP contribution in [0.5, 0.6) is 0 Å². The van der Waals surface area contributed by atoms with E-state index in [0.29, 0.717) is 19.3 Å². The van der Waals surface area contributed by atoms with E-state index in [-0.39, 0.29) is 16.3 Å². The molecule has 0 bridgehead atoms. The molecule has 0 atom stereocenters. The van der Waals surface area contributed by atoms with Crippen LogP contribution in [0.1, 0.15) is 19.3 Å². The van der Waals surface area contributed by atoms with Crippen LogP contribution in [0.15, 0.2) is 23.4 Å². The van der Waals surface area contributed by atoms with Crippen LogP contribution in [0.3, 0.4) is 0 Å². The van der Waals surface area contributed by atoms with Gasteiger partial charge in [-0.2, -0.15) is 5.26 Å². The number of anilines is 1. The number of unbranched alkanes of at least 4 members (excludes halogenated alkanes) is 2. The third kappa shape index (κ3) is 3.21. The first-order chi connectivity index (χ1) is 7.58. The Morgan fingerprint density at radius 3 is 2.81 bits per heavy atom. The summed E-state index contributed by atoms with van der Waals surface area (Å²) in [6, 6.07) is 3.37. The van der Waals surface area contributed by atoms with Gasteiger partial charge in [-0.15, -0.1) is 0 Å². The maximum atomic E-state index is 11.8. The molecule has 2 N–H and O–H groups in total. The van der Waals surface area contributed by atoms with Crippen molar-refractivity contribution in [1.82, 2.24) is 4.98 Å². The molecule has 5 nitrogen and oxygen atoms in total. The van der Waals surface area contributed by atoms with Gasteiger partial charge in [0.1, 0.15) is 0 Å².